The second kappa shape index (κ2) is 20.7. The van der Waals surface area contributed by atoms with Gasteiger partial charge in [-0.05, 0) is 18.1 Å². The highest BCUT2D eigenvalue weighted by Gasteiger charge is 2.56. The number of unbranched alkanes of at least 4 members (excludes halogenated alkanes) is 10. The van der Waals surface area contributed by atoms with E-state index in [0.29, 0.717) is 11.1 Å². The second-order valence-corrected chi connectivity index (χ2v) is 15.4. The van der Waals surface area contributed by atoms with E-state index >= 15 is 0 Å². The van der Waals surface area contributed by atoms with E-state index in [1.807, 2.05) is 5.32 Å². The first-order chi connectivity index (χ1) is 22.4. The van der Waals surface area contributed by atoms with Crippen LogP contribution in [0.5, 0.6) is 0 Å². The summed E-state index contributed by atoms with van der Waals surface area (Å²) in [7, 11) is -5.22. The molecule has 0 radical (unpaired) electrons. The quantitative estimate of drug-likeness (QED) is 0.0524. The fraction of sp³-hybridized carbons (Fsp3) is 0.903. The highest BCUT2D eigenvalue weighted by atomic mass is 32.2. The summed E-state index contributed by atoms with van der Waals surface area (Å²) in [5.74, 6) is -0.528. The molecule has 274 valence electrons. The third-order valence-electron chi connectivity index (χ3n) is 8.97. The maximum absolute atomic E-state index is 13.8. The Kier molecular flexibility index (Phi) is 17.8. The number of hydrogen-bond acceptors (Lipinski definition) is 9. The van der Waals surface area contributed by atoms with E-state index in [1.54, 1.807) is 0 Å². The summed E-state index contributed by atoms with van der Waals surface area (Å²) < 4.78 is 81.9. The van der Waals surface area contributed by atoms with Crippen LogP contribution in [0.1, 0.15) is 116 Å². The molecule has 0 bridgehead atoms. The summed E-state index contributed by atoms with van der Waals surface area (Å²) in [6.45, 7) is -0.329. The average Bonchev–Trinajstić information content (AvgIpc) is 3.39. The van der Waals surface area contributed by atoms with Crippen LogP contribution in [0.3, 0.4) is 0 Å². The number of alkyl halides is 3. The number of thioether (sulfide) groups is 1. The van der Waals surface area contributed by atoms with E-state index in [2.05, 4.69) is 4.52 Å². The number of aliphatic hydroxyl groups excluding tert-OH is 2. The lowest BCUT2D eigenvalue weighted by Crippen LogP contribution is -2.53. The van der Waals surface area contributed by atoms with Crippen LogP contribution in [-0.4, -0.2) is 81.1 Å². The molecular weight excluding hydrogens is 667 g/mol. The Hall–Kier alpha value is -0.930. The second-order valence-electron chi connectivity index (χ2n) is 12.8. The number of ether oxygens (including phenoxy) is 1. The standard InChI is InChI=1S/C31H53F4N2O8PS/c32-24-22-37(30(40)36-29(24)39)26-21-25(38)27(44-26)28(31(33,34)35)45-46(41,42)43-18-20-47-19-14-9-7-5-3-1-2-4-6-8-11-15-23-16-12-10-13-17-23/h22-23,25-28,30,38,40H,1-21H2,(H,36,39)(H,41,42)/t25-,26+,27-,28-,30?/m0/s1. The zero-order valence-electron chi connectivity index (χ0n) is 27.1. The van der Waals surface area contributed by atoms with Crippen LogP contribution in [0, 0.1) is 5.92 Å². The molecule has 10 nitrogen and oxygen atoms in total. The predicted octanol–water partition coefficient (Wildman–Crippen LogP) is 7.04. The van der Waals surface area contributed by atoms with Crippen LogP contribution in [0.15, 0.2) is 12.0 Å². The van der Waals surface area contributed by atoms with Gasteiger partial charge >= 0.3 is 14.0 Å². The number of carbonyl (C=O) groups excluding carboxylic acids is 1. The number of amides is 1. The number of phosphoric acid groups is 1. The Bertz CT molecular complexity index is 1010. The summed E-state index contributed by atoms with van der Waals surface area (Å²) in [5.41, 5.74) is 0. The molecule has 2 aliphatic heterocycles. The van der Waals surface area contributed by atoms with Crippen molar-refractivity contribution in [2.24, 2.45) is 5.92 Å². The number of halogens is 4. The van der Waals surface area contributed by atoms with E-state index < -0.39 is 63.0 Å². The topological polar surface area (TPSA) is 138 Å². The molecule has 47 heavy (non-hydrogen) atoms. The lowest BCUT2D eigenvalue weighted by atomic mass is 9.85. The number of carbonyl (C=O) groups is 1. The molecule has 0 aromatic heterocycles. The van der Waals surface area contributed by atoms with Crippen molar-refractivity contribution in [1.82, 2.24) is 10.2 Å². The van der Waals surface area contributed by atoms with Crippen LogP contribution in [0.2, 0.25) is 0 Å². The van der Waals surface area contributed by atoms with Gasteiger partial charge in [0, 0.05) is 18.4 Å². The van der Waals surface area contributed by atoms with Crippen molar-refractivity contribution in [3.63, 3.8) is 0 Å². The predicted molar refractivity (Wildman–Crippen MR) is 170 cm³/mol. The first-order valence-electron chi connectivity index (χ1n) is 17.1. The number of rotatable bonds is 22. The van der Waals surface area contributed by atoms with Gasteiger partial charge in [-0.1, -0.05) is 103 Å². The smallest absolute Gasteiger partial charge is 0.390 e. The van der Waals surface area contributed by atoms with Crippen molar-refractivity contribution in [3.8, 4) is 0 Å². The van der Waals surface area contributed by atoms with Crippen LogP contribution in [0.25, 0.3) is 0 Å². The molecule has 6 atom stereocenters. The molecule has 2 fully saturated rings. The Morgan fingerprint density at radius 1 is 0.979 bits per heavy atom. The SMILES string of the molecule is O=C1NC(O)N([C@H]2C[C@H](O)[C@@H]([C@H](OP(=O)(O)OCCSCCCCCCCCCCCCCC3CCCCC3)C(F)(F)F)O2)C=C1F. The van der Waals surface area contributed by atoms with Gasteiger partial charge in [0.25, 0.3) is 5.91 Å². The Morgan fingerprint density at radius 2 is 1.57 bits per heavy atom. The van der Waals surface area contributed by atoms with Gasteiger partial charge < -0.3 is 30.1 Å². The third kappa shape index (κ3) is 14.8. The first-order valence-corrected chi connectivity index (χ1v) is 19.8. The van der Waals surface area contributed by atoms with Gasteiger partial charge in [0.05, 0.1) is 12.7 Å². The fourth-order valence-corrected chi connectivity index (χ4v) is 8.24. The van der Waals surface area contributed by atoms with Gasteiger partial charge in [-0.2, -0.15) is 29.3 Å². The van der Waals surface area contributed by atoms with Crippen LogP contribution in [0.4, 0.5) is 17.6 Å². The average molecular weight is 721 g/mol. The number of aliphatic hydroxyl groups is 2. The number of nitrogens with one attached hydrogen (secondary N) is 1. The summed E-state index contributed by atoms with van der Waals surface area (Å²) in [5, 5.41) is 22.0. The number of nitrogens with zero attached hydrogens (tertiary/aromatic N) is 1. The van der Waals surface area contributed by atoms with Crippen molar-refractivity contribution in [1.29, 1.82) is 0 Å². The minimum absolute atomic E-state index is 0.270. The molecule has 0 spiro atoms. The van der Waals surface area contributed by atoms with Gasteiger partial charge in [0.2, 0.25) is 12.2 Å². The molecule has 4 N–H and O–H groups in total. The monoisotopic (exact) mass is 720 g/mol. The summed E-state index contributed by atoms with van der Waals surface area (Å²) in [6.07, 6.45) is 6.49. The van der Waals surface area contributed by atoms with Gasteiger partial charge in [-0.25, -0.2) is 4.57 Å². The minimum Gasteiger partial charge on any atom is -0.390 e. The van der Waals surface area contributed by atoms with E-state index in [4.69, 9.17) is 9.26 Å². The van der Waals surface area contributed by atoms with Crippen molar-refractivity contribution < 1.29 is 55.8 Å². The highest BCUT2D eigenvalue weighted by molar-refractivity contribution is 7.99. The van der Waals surface area contributed by atoms with Crippen molar-refractivity contribution in [2.45, 2.75) is 153 Å². The van der Waals surface area contributed by atoms with E-state index in [1.165, 1.54) is 102 Å². The van der Waals surface area contributed by atoms with Gasteiger partial charge in [0.1, 0.15) is 12.3 Å². The Balaban J connectivity index is 1.21. The van der Waals surface area contributed by atoms with Crippen LogP contribution in [-0.2, 0) is 23.1 Å². The summed E-state index contributed by atoms with van der Waals surface area (Å²) in [6, 6.07) is 0. The van der Waals surface area contributed by atoms with E-state index in [0.717, 1.165) is 30.9 Å². The number of hydrogen-bond donors (Lipinski definition) is 4. The molecule has 1 saturated carbocycles. The molecule has 1 amide bonds. The van der Waals surface area contributed by atoms with Crippen LogP contribution >= 0.6 is 19.6 Å². The lowest BCUT2D eigenvalue weighted by Gasteiger charge is -2.35. The molecule has 16 heteroatoms. The summed E-state index contributed by atoms with van der Waals surface area (Å²) in [4.78, 5) is 22.0. The largest absolute Gasteiger partial charge is 0.472 e. The molecule has 2 heterocycles. The zero-order valence-corrected chi connectivity index (χ0v) is 28.8. The van der Waals surface area contributed by atoms with Crippen molar-refractivity contribution in [2.75, 3.05) is 18.1 Å². The molecule has 3 rings (SSSR count). The Labute approximate surface area is 280 Å². The maximum Gasteiger partial charge on any atom is 0.472 e. The van der Waals surface area contributed by atoms with Gasteiger partial charge in [-0.3, -0.25) is 13.8 Å². The molecule has 1 aliphatic carbocycles. The van der Waals surface area contributed by atoms with E-state index in [9.17, 15) is 42.0 Å². The highest BCUT2D eigenvalue weighted by Crippen LogP contribution is 2.49. The fourth-order valence-electron chi connectivity index (χ4n) is 6.39. The molecular formula is C31H53F4N2O8PS. The third-order valence-corrected chi connectivity index (χ3v) is 11.0. The van der Waals surface area contributed by atoms with Crippen molar-refractivity contribution in [3.05, 3.63) is 12.0 Å². The van der Waals surface area contributed by atoms with Crippen molar-refractivity contribution >= 4 is 25.5 Å². The van der Waals surface area contributed by atoms with Gasteiger partial charge in [-0.15, -0.1) is 0 Å². The normalized spacial score (nSPS) is 26.2. The lowest BCUT2D eigenvalue weighted by molar-refractivity contribution is -0.244. The molecule has 0 aromatic rings. The molecule has 2 unspecified atom stereocenters. The number of phosphoric ester groups is 1. The molecule has 1 saturated heterocycles. The maximum atomic E-state index is 13.8. The Morgan fingerprint density at radius 3 is 2.19 bits per heavy atom. The molecule has 3 aliphatic rings. The van der Waals surface area contributed by atoms with Gasteiger partial charge in [0.15, 0.2) is 6.10 Å². The summed E-state index contributed by atoms with van der Waals surface area (Å²) >= 11 is 1.46. The zero-order chi connectivity index (χ0) is 34.3. The molecule has 0 aromatic carbocycles. The first kappa shape index (κ1) is 40.5. The van der Waals surface area contributed by atoms with E-state index in [-0.39, 0.29) is 12.4 Å². The minimum atomic E-state index is -5.25. The van der Waals surface area contributed by atoms with Crippen LogP contribution < -0.4 is 5.32 Å².